The highest BCUT2D eigenvalue weighted by molar-refractivity contribution is 5.91. The lowest BCUT2D eigenvalue weighted by molar-refractivity contribution is 0.694. The second kappa shape index (κ2) is 8.65. The molecule has 198 valence electrons. The first kappa shape index (κ1) is 22.6. The second-order valence-electron chi connectivity index (χ2n) is 11.6. The van der Waals surface area contributed by atoms with Gasteiger partial charge in [0, 0.05) is 44.5 Å². The highest BCUT2D eigenvalue weighted by Gasteiger charge is 2.27. The smallest absolute Gasteiger partial charge is 0.164 e. The van der Waals surface area contributed by atoms with E-state index in [1.54, 1.807) is 0 Å². The molecule has 0 fully saturated rings. The zero-order chi connectivity index (χ0) is 26.2. The summed E-state index contributed by atoms with van der Waals surface area (Å²) in [6, 6.07) is 8.30. The van der Waals surface area contributed by atoms with E-state index >= 15 is 0 Å². The molecule has 0 spiro atoms. The van der Waals surface area contributed by atoms with Gasteiger partial charge in [-0.15, -0.1) is 0 Å². The number of fused-ring (bicyclic) bond motifs is 19. The van der Waals surface area contributed by atoms with E-state index in [2.05, 4.69) is 34.2 Å². The van der Waals surface area contributed by atoms with E-state index in [4.69, 9.17) is 29.9 Å². The van der Waals surface area contributed by atoms with Crippen molar-refractivity contribution in [1.82, 2.24) is 39.9 Å². The predicted octanol–water partition coefficient (Wildman–Crippen LogP) is 6.47. The number of aromatic amines is 2. The van der Waals surface area contributed by atoms with Gasteiger partial charge in [-0.3, -0.25) is 0 Å². The fraction of sp³-hybridized carbons (Fsp3) is 0.375. The van der Waals surface area contributed by atoms with Crippen molar-refractivity contribution in [2.75, 3.05) is 0 Å². The predicted molar refractivity (Wildman–Crippen MR) is 155 cm³/mol. The molecule has 8 heteroatoms. The number of benzene rings is 1. The van der Waals surface area contributed by atoms with E-state index in [0.717, 1.165) is 96.7 Å². The van der Waals surface area contributed by atoms with Gasteiger partial charge >= 0.3 is 0 Å². The number of hydrogen-bond acceptors (Lipinski definition) is 6. The van der Waals surface area contributed by atoms with Gasteiger partial charge < -0.3 is 9.97 Å². The standard InChI is InChI=1S/C32H30N8/c1-2-10-18-17(9-1)25-33-26(18)38-28-21-13-5-6-14-22(21)30(35-28)40-32-24-16-8-7-15-23(24)31(36-32)39-29-20-12-4-3-11-19(20)27(34-29)37-25/h1-2,9-10H,3-8,11-16H2,(H2,33,34,35,36,37,38,39,40). The minimum absolute atomic E-state index is 0.707. The molecule has 2 N–H and O–H groups in total. The first-order chi connectivity index (χ1) is 19.8. The van der Waals surface area contributed by atoms with Crippen molar-refractivity contribution in [2.45, 2.75) is 77.0 Å². The van der Waals surface area contributed by atoms with Crippen molar-refractivity contribution in [3.8, 4) is 22.8 Å². The number of nitrogens with one attached hydrogen (secondary N) is 2. The first-order valence-corrected chi connectivity index (χ1v) is 14.9. The molecule has 0 radical (unpaired) electrons. The van der Waals surface area contributed by atoms with E-state index < -0.39 is 0 Å². The summed E-state index contributed by atoms with van der Waals surface area (Å²) in [4.78, 5) is 38.0. The normalized spacial score (nSPS) is 17.7. The van der Waals surface area contributed by atoms with Gasteiger partial charge in [-0.2, -0.15) is 0 Å². The molecule has 5 aliphatic rings. The van der Waals surface area contributed by atoms with Crippen LogP contribution in [-0.4, -0.2) is 39.9 Å². The van der Waals surface area contributed by atoms with Crippen LogP contribution in [0.15, 0.2) is 24.3 Å². The van der Waals surface area contributed by atoms with Gasteiger partial charge in [0.15, 0.2) is 23.3 Å². The molecule has 8 nitrogen and oxygen atoms in total. The van der Waals surface area contributed by atoms with Crippen LogP contribution < -0.4 is 0 Å². The molecule has 2 aliphatic heterocycles. The Hall–Kier alpha value is -4.20. The molecule has 3 aromatic heterocycles. The quantitative estimate of drug-likeness (QED) is 0.239. The van der Waals surface area contributed by atoms with Crippen molar-refractivity contribution in [3.05, 3.63) is 58.2 Å². The number of hydrogen-bond donors (Lipinski definition) is 2. The zero-order valence-electron chi connectivity index (χ0n) is 22.5. The maximum absolute atomic E-state index is 5.21. The highest BCUT2D eigenvalue weighted by atomic mass is 15.1. The molecule has 3 aliphatic carbocycles. The maximum Gasteiger partial charge on any atom is 0.164 e. The van der Waals surface area contributed by atoms with Gasteiger partial charge in [-0.25, -0.2) is 29.9 Å². The second-order valence-corrected chi connectivity index (χ2v) is 11.6. The lowest BCUT2D eigenvalue weighted by Gasteiger charge is -2.13. The Kier molecular flexibility index (Phi) is 4.89. The van der Waals surface area contributed by atoms with E-state index in [-0.39, 0.29) is 0 Å². The minimum atomic E-state index is 0.707. The Bertz CT molecular complexity index is 1790. The number of aromatic nitrogens is 8. The van der Waals surface area contributed by atoms with Gasteiger partial charge in [0.05, 0.1) is 0 Å². The fourth-order valence-electron chi connectivity index (χ4n) is 7.27. The average molecular weight is 527 g/mol. The first-order valence-electron chi connectivity index (χ1n) is 14.9. The Morgan fingerprint density at radius 2 is 0.750 bits per heavy atom. The molecule has 0 saturated carbocycles. The largest absolute Gasteiger partial charge is 0.324 e. The van der Waals surface area contributed by atoms with Crippen LogP contribution in [0, 0.1) is 0 Å². The van der Waals surface area contributed by atoms with Crippen LogP contribution in [0.1, 0.15) is 85.3 Å². The van der Waals surface area contributed by atoms with E-state index in [1.165, 1.54) is 59.1 Å². The Morgan fingerprint density at radius 1 is 0.400 bits per heavy atom. The fourth-order valence-corrected chi connectivity index (χ4v) is 7.27. The monoisotopic (exact) mass is 526 g/mol. The summed E-state index contributed by atoms with van der Waals surface area (Å²) in [5, 5.41) is 0. The Morgan fingerprint density at radius 3 is 1.18 bits per heavy atom. The van der Waals surface area contributed by atoms with Crippen molar-refractivity contribution >= 4 is 33.7 Å². The molecule has 0 amide bonds. The van der Waals surface area contributed by atoms with Crippen LogP contribution in [0.25, 0.3) is 56.5 Å². The van der Waals surface area contributed by atoms with E-state index in [9.17, 15) is 0 Å². The third kappa shape index (κ3) is 3.37. The van der Waals surface area contributed by atoms with Crippen LogP contribution in [0.3, 0.4) is 0 Å². The van der Waals surface area contributed by atoms with Gasteiger partial charge in [-0.1, -0.05) is 24.3 Å². The minimum Gasteiger partial charge on any atom is -0.324 e. The van der Waals surface area contributed by atoms with Gasteiger partial charge in [-0.05, 0) is 77.0 Å². The molecular weight excluding hydrogens is 496 g/mol. The number of allylic oxidation sites excluding steroid dienone is 2. The third-order valence-corrected chi connectivity index (χ3v) is 9.26. The van der Waals surface area contributed by atoms with Crippen molar-refractivity contribution in [2.24, 2.45) is 0 Å². The van der Waals surface area contributed by atoms with Gasteiger partial charge in [0.2, 0.25) is 0 Å². The molecule has 40 heavy (non-hydrogen) atoms. The Balaban J connectivity index is 1.44. The molecule has 5 heterocycles. The van der Waals surface area contributed by atoms with Crippen LogP contribution in [0.2, 0.25) is 0 Å². The summed E-state index contributed by atoms with van der Waals surface area (Å²) in [7, 11) is 0. The molecule has 0 unspecified atom stereocenters. The topological polar surface area (TPSA) is 109 Å². The average Bonchev–Trinajstić information content (AvgIpc) is 3.73. The Labute approximate surface area is 231 Å². The van der Waals surface area contributed by atoms with Crippen LogP contribution in [0.4, 0.5) is 0 Å². The molecule has 1 aromatic carbocycles. The summed E-state index contributed by atoms with van der Waals surface area (Å²) >= 11 is 0. The number of aryl methyl sites for hydroxylation is 4. The SMILES string of the molecule is c1ccc2c(c1)-c1nc-2nc2[nH]c(nc3nc(nc4[nH]c(n1)c1c4CCCC1)C1=C3CCCC1)c1c2CCCC1. The van der Waals surface area contributed by atoms with Gasteiger partial charge in [0.25, 0.3) is 0 Å². The third-order valence-electron chi connectivity index (χ3n) is 9.26. The summed E-state index contributed by atoms with van der Waals surface area (Å²) in [5.74, 6) is 3.07. The van der Waals surface area contributed by atoms with Crippen molar-refractivity contribution in [1.29, 1.82) is 0 Å². The molecule has 9 rings (SSSR count). The highest BCUT2D eigenvalue weighted by Crippen LogP contribution is 2.40. The molecular formula is C32H30N8. The molecule has 0 saturated heterocycles. The molecule has 0 atom stereocenters. The lowest BCUT2D eigenvalue weighted by atomic mass is 9.92. The summed E-state index contributed by atoms with van der Waals surface area (Å²) in [6.45, 7) is 0. The molecule has 4 aromatic rings. The van der Waals surface area contributed by atoms with Crippen molar-refractivity contribution in [3.63, 3.8) is 0 Å². The maximum atomic E-state index is 5.21. The summed E-state index contributed by atoms with van der Waals surface area (Å²) < 4.78 is 0. The summed E-state index contributed by atoms with van der Waals surface area (Å²) in [6.07, 6.45) is 13.0. The van der Waals surface area contributed by atoms with Gasteiger partial charge in [0.1, 0.15) is 22.6 Å². The number of rotatable bonds is 0. The lowest BCUT2D eigenvalue weighted by Crippen LogP contribution is -2.01. The number of H-pyrrole nitrogens is 2. The van der Waals surface area contributed by atoms with E-state index in [1.807, 2.05) is 0 Å². The molecule has 8 bridgehead atoms. The van der Waals surface area contributed by atoms with E-state index in [0.29, 0.717) is 11.6 Å². The van der Waals surface area contributed by atoms with Crippen molar-refractivity contribution < 1.29 is 0 Å². The summed E-state index contributed by atoms with van der Waals surface area (Å²) in [5.41, 5.74) is 13.2. The van der Waals surface area contributed by atoms with Crippen LogP contribution in [-0.2, 0) is 25.7 Å². The van der Waals surface area contributed by atoms with Crippen LogP contribution in [0.5, 0.6) is 0 Å². The number of nitrogens with zero attached hydrogens (tertiary/aromatic N) is 6. The van der Waals surface area contributed by atoms with Crippen LogP contribution >= 0.6 is 0 Å². The zero-order valence-corrected chi connectivity index (χ0v) is 22.5.